The molecule has 0 radical (unpaired) electrons. The van der Waals surface area contributed by atoms with E-state index in [1.165, 1.54) is 5.56 Å². The number of hydrogen-bond donors (Lipinski definition) is 1. The highest BCUT2D eigenvalue weighted by Gasteiger charge is 2.33. The van der Waals surface area contributed by atoms with Gasteiger partial charge in [-0.05, 0) is 29.0 Å². The summed E-state index contributed by atoms with van der Waals surface area (Å²) >= 11 is 5.94. The number of rotatable bonds is 0. The summed E-state index contributed by atoms with van der Waals surface area (Å²) in [6.07, 6.45) is 0.554. The fourth-order valence-corrected chi connectivity index (χ4v) is 2.38. The summed E-state index contributed by atoms with van der Waals surface area (Å²) in [5.74, 6) is 0.336. The first kappa shape index (κ1) is 11.5. The Kier molecular flexibility index (Phi) is 2.70. The van der Waals surface area contributed by atoms with E-state index in [1.807, 2.05) is 18.2 Å². The smallest absolute Gasteiger partial charge is 0.225 e. The number of hydrogen-bond acceptors (Lipinski definition) is 1. The number of benzene rings is 1. The van der Waals surface area contributed by atoms with Crippen LogP contribution in [0.4, 0.5) is 5.69 Å². The minimum atomic E-state index is 0.0784. The predicted molar refractivity (Wildman–Crippen MR) is 66.9 cm³/mol. The van der Waals surface area contributed by atoms with Gasteiger partial charge in [-0.2, -0.15) is 0 Å². The summed E-state index contributed by atoms with van der Waals surface area (Å²) in [6.45, 7) is 6.48. The van der Waals surface area contributed by atoms with Gasteiger partial charge in [0.15, 0.2) is 0 Å². The lowest BCUT2D eigenvalue weighted by Gasteiger charge is -2.35. The molecule has 1 aliphatic heterocycles. The summed E-state index contributed by atoms with van der Waals surface area (Å²) in [5.41, 5.74) is 2.14. The van der Waals surface area contributed by atoms with Gasteiger partial charge in [-0.1, -0.05) is 38.4 Å². The van der Waals surface area contributed by atoms with E-state index in [1.54, 1.807) is 0 Å². The molecule has 3 heteroatoms. The number of nitrogens with one attached hydrogen (secondary N) is 1. The van der Waals surface area contributed by atoms with Crippen LogP contribution in [0, 0.1) is 5.41 Å². The van der Waals surface area contributed by atoms with Gasteiger partial charge in [-0.15, -0.1) is 0 Å². The van der Waals surface area contributed by atoms with Crippen LogP contribution >= 0.6 is 11.6 Å². The van der Waals surface area contributed by atoms with E-state index in [9.17, 15) is 4.79 Å². The van der Waals surface area contributed by atoms with Crippen molar-refractivity contribution in [3.05, 3.63) is 28.8 Å². The third-order valence-corrected chi connectivity index (χ3v) is 3.33. The Balaban J connectivity index is 2.50. The zero-order chi connectivity index (χ0) is 11.9. The molecule has 2 rings (SSSR count). The monoisotopic (exact) mass is 237 g/mol. The standard InChI is InChI=1S/C13H16ClNO/c1-13(2,3)10-7-12(16)15-11-6-8(14)4-5-9(10)11/h4-6,10H,7H2,1-3H3,(H,15,16). The molecule has 86 valence electrons. The maximum absolute atomic E-state index is 11.6. The minimum absolute atomic E-state index is 0.0784. The molecule has 16 heavy (non-hydrogen) atoms. The molecule has 1 atom stereocenters. The first-order valence-electron chi connectivity index (χ1n) is 5.47. The molecule has 0 bridgehead atoms. The SMILES string of the molecule is CC(C)(C)C1CC(=O)Nc2cc(Cl)ccc21. The lowest BCUT2D eigenvalue weighted by atomic mass is 9.72. The average molecular weight is 238 g/mol. The second-order valence-electron chi connectivity index (χ2n) is 5.40. The lowest BCUT2D eigenvalue weighted by Crippen LogP contribution is -2.30. The maximum atomic E-state index is 11.6. The Bertz CT molecular complexity index is 434. The van der Waals surface area contributed by atoms with E-state index >= 15 is 0 Å². The summed E-state index contributed by atoms with van der Waals surface area (Å²) in [5, 5.41) is 3.54. The number of carbonyl (C=O) groups excluding carboxylic acids is 1. The second kappa shape index (κ2) is 3.77. The molecular formula is C13H16ClNO. The number of halogens is 1. The van der Waals surface area contributed by atoms with Crippen molar-refractivity contribution in [2.24, 2.45) is 5.41 Å². The molecule has 0 aliphatic carbocycles. The largest absolute Gasteiger partial charge is 0.326 e. The minimum Gasteiger partial charge on any atom is -0.326 e. The normalized spacial score (nSPS) is 20.2. The Morgan fingerprint density at radius 3 is 2.69 bits per heavy atom. The van der Waals surface area contributed by atoms with Crippen LogP contribution < -0.4 is 5.32 Å². The van der Waals surface area contributed by atoms with Gasteiger partial charge in [0.05, 0.1) is 0 Å². The highest BCUT2D eigenvalue weighted by Crippen LogP contribution is 2.44. The number of fused-ring (bicyclic) bond motifs is 1. The Morgan fingerprint density at radius 2 is 2.06 bits per heavy atom. The average Bonchev–Trinajstić information content (AvgIpc) is 2.14. The molecule has 0 spiro atoms. The Labute approximate surface area is 101 Å². The number of carbonyl (C=O) groups is 1. The summed E-state index contributed by atoms with van der Waals surface area (Å²) < 4.78 is 0. The van der Waals surface area contributed by atoms with Crippen molar-refractivity contribution in [3.63, 3.8) is 0 Å². The molecule has 1 aromatic rings. The van der Waals surface area contributed by atoms with Crippen LogP contribution in [0.15, 0.2) is 18.2 Å². The van der Waals surface area contributed by atoms with Crippen LogP contribution in [0.5, 0.6) is 0 Å². The lowest BCUT2D eigenvalue weighted by molar-refractivity contribution is -0.117. The van der Waals surface area contributed by atoms with E-state index < -0.39 is 0 Å². The first-order valence-corrected chi connectivity index (χ1v) is 5.85. The number of amides is 1. The molecule has 1 unspecified atom stereocenters. The molecule has 1 aromatic carbocycles. The molecular weight excluding hydrogens is 222 g/mol. The van der Waals surface area contributed by atoms with E-state index in [2.05, 4.69) is 26.1 Å². The van der Waals surface area contributed by atoms with Crippen LogP contribution in [0.3, 0.4) is 0 Å². The van der Waals surface area contributed by atoms with Gasteiger partial charge in [0.2, 0.25) is 5.91 Å². The van der Waals surface area contributed by atoms with Crippen molar-refractivity contribution in [1.82, 2.24) is 0 Å². The zero-order valence-corrected chi connectivity index (χ0v) is 10.6. The molecule has 0 saturated heterocycles. The van der Waals surface area contributed by atoms with Crippen LogP contribution in [0.25, 0.3) is 0 Å². The maximum Gasteiger partial charge on any atom is 0.225 e. The van der Waals surface area contributed by atoms with Crippen molar-refractivity contribution in [2.75, 3.05) is 5.32 Å². The van der Waals surface area contributed by atoms with Crippen molar-refractivity contribution in [2.45, 2.75) is 33.1 Å². The third kappa shape index (κ3) is 2.07. The summed E-state index contributed by atoms with van der Waals surface area (Å²) in [4.78, 5) is 11.6. The third-order valence-electron chi connectivity index (χ3n) is 3.10. The van der Waals surface area contributed by atoms with E-state index in [0.717, 1.165) is 5.69 Å². The fraction of sp³-hybridized carbons (Fsp3) is 0.462. The van der Waals surface area contributed by atoms with Gasteiger partial charge in [-0.3, -0.25) is 4.79 Å². The van der Waals surface area contributed by atoms with Crippen LogP contribution in [0.1, 0.15) is 38.7 Å². The van der Waals surface area contributed by atoms with Gasteiger partial charge in [0, 0.05) is 17.1 Å². The van der Waals surface area contributed by atoms with Crippen molar-refractivity contribution < 1.29 is 4.79 Å². The topological polar surface area (TPSA) is 29.1 Å². The van der Waals surface area contributed by atoms with Crippen LogP contribution in [0.2, 0.25) is 5.02 Å². The van der Waals surface area contributed by atoms with Gasteiger partial charge in [0.25, 0.3) is 0 Å². The molecule has 1 heterocycles. The Hall–Kier alpha value is -1.02. The van der Waals surface area contributed by atoms with E-state index in [0.29, 0.717) is 11.4 Å². The first-order chi connectivity index (χ1) is 7.38. The summed E-state index contributed by atoms with van der Waals surface area (Å²) in [6, 6.07) is 5.73. The van der Waals surface area contributed by atoms with E-state index in [-0.39, 0.29) is 17.2 Å². The molecule has 0 aromatic heterocycles. The highest BCUT2D eigenvalue weighted by atomic mass is 35.5. The van der Waals surface area contributed by atoms with Crippen molar-refractivity contribution >= 4 is 23.2 Å². The van der Waals surface area contributed by atoms with Gasteiger partial charge in [0.1, 0.15) is 0 Å². The molecule has 0 fully saturated rings. The molecule has 1 amide bonds. The molecule has 2 nitrogen and oxygen atoms in total. The van der Waals surface area contributed by atoms with Gasteiger partial charge in [-0.25, -0.2) is 0 Å². The van der Waals surface area contributed by atoms with Crippen LogP contribution in [-0.2, 0) is 4.79 Å². The highest BCUT2D eigenvalue weighted by molar-refractivity contribution is 6.31. The summed E-state index contributed by atoms with van der Waals surface area (Å²) in [7, 11) is 0. The quantitative estimate of drug-likeness (QED) is 0.731. The predicted octanol–water partition coefficient (Wildman–Crippen LogP) is 3.81. The molecule has 1 N–H and O–H groups in total. The fourth-order valence-electron chi connectivity index (χ4n) is 2.21. The zero-order valence-electron chi connectivity index (χ0n) is 9.80. The second-order valence-corrected chi connectivity index (χ2v) is 5.84. The van der Waals surface area contributed by atoms with Gasteiger partial charge < -0.3 is 5.32 Å². The van der Waals surface area contributed by atoms with Crippen LogP contribution in [-0.4, -0.2) is 5.91 Å². The Morgan fingerprint density at radius 1 is 1.38 bits per heavy atom. The molecule has 0 saturated carbocycles. The van der Waals surface area contributed by atoms with Gasteiger partial charge >= 0.3 is 0 Å². The number of anilines is 1. The van der Waals surface area contributed by atoms with E-state index in [4.69, 9.17) is 11.6 Å². The molecule has 1 aliphatic rings. The van der Waals surface area contributed by atoms with Crippen molar-refractivity contribution in [1.29, 1.82) is 0 Å². The van der Waals surface area contributed by atoms with Crippen molar-refractivity contribution in [3.8, 4) is 0 Å².